The van der Waals surface area contributed by atoms with Crippen LogP contribution in [0.1, 0.15) is 99.9 Å². The summed E-state index contributed by atoms with van der Waals surface area (Å²) in [7, 11) is 3.25. The maximum Gasteiger partial charge on any atom is 0.410 e. The molecule has 4 rings (SSSR count). The van der Waals surface area contributed by atoms with Crippen molar-refractivity contribution in [3.63, 3.8) is 0 Å². The highest BCUT2D eigenvalue weighted by atomic mass is 32.1. The summed E-state index contributed by atoms with van der Waals surface area (Å²) < 4.78 is 48.7. The zero-order chi connectivity index (χ0) is 55.5. The van der Waals surface area contributed by atoms with E-state index in [1.54, 1.807) is 67.1 Å². The summed E-state index contributed by atoms with van der Waals surface area (Å²) in [6.07, 6.45) is -9.09. The van der Waals surface area contributed by atoms with Gasteiger partial charge in [0.25, 0.3) is 0 Å². The number of ether oxygens (including phenoxy) is 8. The molecule has 19 atom stereocenters. The maximum absolute atomic E-state index is 14.4. The number of carbonyl (C=O) groups is 3. The number of nitrogens with zero attached hydrogens (tertiary/aromatic N) is 4. The summed E-state index contributed by atoms with van der Waals surface area (Å²) in [5.74, 6) is -4.60. The quantitative estimate of drug-likeness (QED) is 0.0653. The third-order valence-electron chi connectivity index (χ3n) is 15.3. The Labute approximate surface area is 441 Å². The van der Waals surface area contributed by atoms with Crippen LogP contribution in [0.15, 0.2) is 36.9 Å². The van der Waals surface area contributed by atoms with Gasteiger partial charge in [-0.2, -0.15) is 0 Å². The van der Waals surface area contributed by atoms with E-state index >= 15 is 0 Å². The lowest BCUT2D eigenvalue weighted by Crippen LogP contribution is -2.61. The van der Waals surface area contributed by atoms with Crippen molar-refractivity contribution in [3.05, 3.63) is 41.9 Å². The van der Waals surface area contributed by atoms with Crippen LogP contribution >= 0.6 is 11.3 Å². The summed E-state index contributed by atoms with van der Waals surface area (Å²) >= 11 is 1.37. The second-order valence-electron chi connectivity index (χ2n) is 21.3. The van der Waals surface area contributed by atoms with Gasteiger partial charge in [-0.25, -0.2) is 14.6 Å². The average Bonchev–Trinajstić information content (AvgIpc) is 3.88. The van der Waals surface area contributed by atoms with E-state index in [2.05, 4.69) is 18.1 Å². The number of methoxy groups -OCH3 is 1. The number of hydrogen-bond acceptors (Lipinski definition) is 20. The number of amides is 2. The molecule has 74 heavy (non-hydrogen) atoms. The van der Waals surface area contributed by atoms with Gasteiger partial charge in [0.1, 0.15) is 42.1 Å². The first-order valence-electron chi connectivity index (χ1n) is 25.9. The van der Waals surface area contributed by atoms with Crippen LogP contribution in [-0.2, 0) is 49.2 Å². The average molecular weight is 1070 g/mol. The fourth-order valence-electron chi connectivity index (χ4n) is 10.7. The second-order valence-corrected chi connectivity index (χ2v) is 22.3. The van der Waals surface area contributed by atoms with Crippen LogP contribution in [0, 0.1) is 23.7 Å². The summed E-state index contributed by atoms with van der Waals surface area (Å²) in [6, 6.07) is -0.637. The van der Waals surface area contributed by atoms with Gasteiger partial charge in [-0.3, -0.25) is 14.6 Å². The largest absolute Gasteiger partial charge is 0.459 e. The number of cyclic esters (lactones) is 1. The van der Waals surface area contributed by atoms with Crippen molar-refractivity contribution in [3.8, 4) is 0 Å². The molecular formula is C52H88N4O17S. The molecule has 4 heterocycles. The molecule has 424 valence electrons. The molecule has 21 nitrogen and oxygen atoms in total. The van der Waals surface area contributed by atoms with Gasteiger partial charge in [-0.15, -0.1) is 11.3 Å². The first-order chi connectivity index (χ1) is 34.7. The van der Waals surface area contributed by atoms with Gasteiger partial charge in [-0.1, -0.05) is 53.0 Å². The topological polar surface area (TPSA) is 269 Å². The van der Waals surface area contributed by atoms with E-state index in [1.807, 2.05) is 11.8 Å². The van der Waals surface area contributed by atoms with Gasteiger partial charge in [0, 0.05) is 69.2 Å². The Morgan fingerprint density at radius 3 is 2.05 bits per heavy atom. The molecule has 0 aliphatic carbocycles. The van der Waals surface area contributed by atoms with Crippen LogP contribution in [0.4, 0.5) is 9.59 Å². The van der Waals surface area contributed by atoms with Gasteiger partial charge in [0.15, 0.2) is 12.6 Å². The van der Waals surface area contributed by atoms with Crippen LogP contribution in [0.2, 0.25) is 0 Å². The van der Waals surface area contributed by atoms with Gasteiger partial charge < -0.3 is 73.4 Å². The molecule has 0 bridgehead atoms. The standard InChI is InChI=1S/C52H88N4O17S/c1-15-23-67-48(62)55(21-22-56(49(63)68-24-16-2)29-38-53-18-25-74-38)20-19-54(13)36-26-31(5)69-47(41(36)58)73-45-33(7)42(72-39-28-51(11,66-14)44(60)35(9)70-39)34(8)46(61)71-37(17-3)52(12,65)43(59)32(6)40(57)30(4)27-50(45,10)64/h15-16,18,25,30-37,39-45,47,57-60,64-65H,1-2,17,19-24,26-29H2,3-14H3/t30-,31-,32+,33+,34-,35+,36+,37-,39?,40+,41-,42+,43-,44+,45-,47+,50+,51-,52-/m1/s1. The van der Waals surface area contributed by atoms with Crippen LogP contribution in [-0.4, -0.2) is 212 Å². The molecule has 0 aromatic carbocycles. The van der Waals surface area contributed by atoms with Gasteiger partial charge in [0.2, 0.25) is 0 Å². The summed E-state index contributed by atoms with van der Waals surface area (Å²) in [5, 5.41) is 73.8. The molecule has 2 amide bonds. The Bertz CT molecular complexity index is 1930. The van der Waals surface area contributed by atoms with E-state index < -0.39 is 132 Å². The Hall–Kier alpha value is -3.36. The second kappa shape index (κ2) is 27.8. The molecule has 3 aliphatic heterocycles. The number of rotatable bonds is 19. The number of thiazole rings is 1. The fraction of sp³-hybridized carbons (Fsp3) is 0.808. The molecular weight excluding hydrogens is 985 g/mol. The zero-order valence-corrected chi connectivity index (χ0v) is 46.4. The first kappa shape index (κ1) is 63.2. The lowest BCUT2D eigenvalue weighted by Gasteiger charge is -2.49. The fourth-order valence-corrected chi connectivity index (χ4v) is 11.3. The normalized spacial score (nSPS) is 38.6. The minimum absolute atomic E-state index is 0.00905. The molecule has 0 radical (unpaired) electrons. The molecule has 0 spiro atoms. The molecule has 3 aliphatic rings. The van der Waals surface area contributed by atoms with E-state index in [4.69, 9.17) is 37.9 Å². The highest BCUT2D eigenvalue weighted by molar-refractivity contribution is 7.09. The third kappa shape index (κ3) is 15.9. The molecule has 1 unspecified atom stereocenters. The highest BCUT2D eigenvalue weighted by Crippen LogP contribution is 2.41. The number of hydrogen-bond donors (Lipinski definition) is 6. The molecule has 3 fully saturated rings. The van der Waals surface area contributed by atoms with Crippen LogP contribution in [0.25, 0.3) is 0 Å². The van der Waals surface area contributed by atoms with Gasteiger partial charge >= 0.3 is 18.2 Å². The van der Waals surface area contributed by atoms with E-state index in [0.717, 1.165) is 0 Å². The molecule has 22 heteroatoms. The van der Waals surface area contributed by atoms with Crippen LogP contribution < -0.4 is 0 Å². The van der Waals surface area contributed by atoms with Crippen molar-refractivity contribution in [2.45, 2.75) is 192 Å². The van der Waals surface area contributed by atoms with Crippen molar-refractivity contribution in [1.29, 1.82) is 0 Å². The molecule has 0 saturated carbocycles. The molecule has 1 aromatic rings. The molecule has 3 saturated heterocycles. The smallest absolute Gasteiger partial charge is 0.410 e. The lowest BCUT2D eigenvalue weighted by atomic mass is 9.73. The maximum atomic E-state index is 14.4. The summed E-state index contributed by atoms with van der Waals surface area (Å²) in [4.78, 5) is 50.1. The van der Waals surface area contributed by atoms with Crippen LogP contribution in [0.5, 0.6) is 0 Å². The molecule has 1 aromatic heterocycles. The van der Waals surface area contributed by atoms with Crippen molar-refractivity contribution in [2.24, 2.45) is 23.7 Å². The Morgan fingerprint density at radius 1 is 0.865 bits per heavy atom. The highest BCUT2D eigenvalue weighted by Gasteiger charge is 2.54. The van der Waals surface area contributed by atoms with Crippen molar-refractivity contribution in [1.82, 2.24) is 19.7 Å². The summed E-state index contributed by atoms with van der Waals surface area (Å²) in [6.45, 7) is 24.2. The number of likely N-dealkylation sites (N-methyl/N-ethyl adjacent to an activating group) is 1. The Balaban J connectivity index is 1.70. The van der Waals surface area contributed by atoms with E-state index in [9.17, 15) is 45.0 Å². The lowest BCUT2D eigenvalue weighted by molar-refractivity contribution is -0.318. The number of carbonyl (C=O) groups excluding carboxylic acids is 3. The Morgan fingerprint density at radius 2 is 1.47 bits per heavy atom. The number of aromatic nitrogens is 1. The number of esters is 1. The summed E-state index contributed by atoms with van der Waals surface area (Å²) in [5.41, 5.74) is -5.01. The van der Waals surface area contributed by atoms with Gasteiger partial charge in [-0.05, 0) is 73.8 Å². The van der Waals surface area contributed by atoms with E-state index in [-0.39, 0.29) is 65.2 Å². The predicted octanol–water partition coefficient (Wildman–Crippen LogP) is 3.85. The predicted molar refractivity (Wildman–Crippen MR) is 273 cm³/mol. The minimum atomic E-state index is -2.00. The van der Waals surface area contributed by atoms with Crippen molar-refractivity contribution < 1.29 is 82.9 Å². The first-order valence-corrected chi connectivity index (χ1v) is 26.7. The molecule has 6 N–H and O–H groups in total. The van der Waals surface area contributed by atoms with Gasteiger partial charge in [0.05, 0.1) is 60.3 Å². The van der Waals surface area contributed by atoms with E-state index in [0.29, 0.717) is 11.4 Å². The van der Waals surface area contributed by atoms with Crippen molar-refractivity contribution >= 4 is 29.5 Å². The SMILES string of the molecule is C=CCOC(=O)N(CCN(Cc1nccs1)C(=O)OCC=C)CCN(C)[C@H]1C[C@@H](C)O[C@@H](O[C@@H]2[C@@H](C)[C@H](OC3C[C@@](C)(OC)[C@@H](O)[C@H](C)O3)[C@@H](C)C(=O)O[C@H](CC)[C@@](C)(O)[C@H](O)[C@@H](C)[C@@H](O)[C@H](C)C[C@]2(C)O)[C@@H]1O. The zero-order valence-electron chi connectivity index (χ0n) is 45.6. The Kier molecular flexibility index (Phi) is 23.7. The van der Waals surface area contributed by atoms with Crippen LogP contribution in [0.3, 0.4) is 0 Å². The number of aliphatic hydroxyl groups excluding tert-OH is 4. The third-order valence-corrected chi connectivity index (χ3v) is 16.1. The number of aliphatic hydroxyl groups is 6. The monoisotopic (exact) mass is 1070 g/mol. The minimum Gasteiger partial charge on any atom is -0.459 e. The van der Waals surface area contributed by atoms with Crippen molar-refractivity contribution in [2.75, 3.05) is 53.6 Å². The van der Waals surface area contributed by atoms with E-state index in [1.165, 1.54) is 54.2 Å².